The Morgan fingerprint density at radius 2 is 2.00 bits per heavy atom. The first-order chi connectivity index (χ1) is 9.49. The zero-order valence-electron chi connectivity index (χ0n) is 12.0. The second kappa shape index (κ2) is 6.61. The number of hydrogen-bond acceptors (Lipinski definition) is 2. The number of nitrogens with one attached hydrogen (secondary N) is 1. The topological polar surface area (TPSA) is 29.9 Å². The highest BCUT2D eigenvalue weighted by Gasteiger charge is 2.10. The number of rotatable bonds is 5. The summed E-state index contributed by atoms with van der Waals surface area (Å²) in [5.41, 5.74) is 3.33. The molecule has 0 bridgehead atoms. The summed E-state index contributed by atoms with van der Waals surface area (Å²) in [6.45, 7) is 7.79. The lowest BCUT2D eigenvalue weighted by molar-refractivity contribution is 0.585. The summed E-state index contributed by atoms with van der Waals surface area (Å²) in [6, 6.07) is 6.13. The van der Waals surface area contributed by atoms with Crippen LogP contribution in [0.2, 0.25) is 10.0 Å². The van der Waals surface area contributed by atoms with E-state index in [4.69, 9.17) is 23.2 Å². The van der Waals surface area contributed by atoms with Gasteiger partial charge in [0.15, 0.2) is 0 Å². The molecular weight excluding hydrogens is 293 g/mol. The summed E-state index contributed by atoms with van der Waals surface area (Å²) in [4.78, 5) is 0. The minimum Gasteiger partial charge on any atom is -0.310 e. The minimum atomic E-state index is 0.458. The van der Waals surface area contributed by atoms with Gasteiger partial charge in [-0.2, -0.15) is 5.10 Å². The van der Waals surface area contributed by atoms with E-state index in [0.717, 1.165) is 17.8 Å². The Morgan fingerprint density at radius 1 is 1.25 bits per heavy atom. The van der Waals surface area contributed by atoms with Gasteiger partial charge in [-0.15, -0.1) is 0 Å². The predicted octanol–water partition coefficient (Wildman–Crippen LogP) is 4.04. The molecule has 0 aliphatic heterocycles. The van der Waals surface area contributed by atoms with Gasteiger partial charge in [0.2, 0.25) is 0 Å². The average Bonchev–Trinajstić information content (AvgIpc) is 2.74. The molecule has 0 atom stereocenters. The maximum Gasteiger partial charge on any atom is 0.0677 e. The van der Waals surface area contributed by atoms with Crippen molar-refractivity contribution in [3.8, 4) is 0 Å². The Kier molecular flexibility index (Phi) is 5.08. The Hall–Kier alpha value is -1.03. The third-order valence-electron chi connectivity index (χ3n) is 3.26. The van der Waals surface area contributed by atoms with E-state index in [1.807, 2.05) is 23.0 Å². The fourth-order valence-electron chi connectivity index (χ4n) is 1.96. The molecule has 0 spiro atoms. The van der Waals surface area contributed by atoms with Crippen molar-refractivity contribution < 1.29 is 0 Å². The van der Waals surface area contributed by atoms with Gasteiger partial charge in [0, 0.05) is 23.8 Å². The van der Waals surface area contributed by atoms with Crippen LogP contribution in [-0.2, 0) is 13.1 Å². The Balaban J connectivity index is 2.16. The van der Waals surface area contributed by atoms with Crippen molar-refractivity contribution >= 4 is 23.2 Å². The highest BCUT2D eigenvalue weighted by Crippen LogP contribution is 2.26. The van der Waals surface area contributed by atoms with Crippen molar-refractivity contribution in [2.45, 2.75) is 39.9 Å². The van der Waals surface area contributed by atoms with Gasteiger partial charge in [-0.05, 0) is 18.6 Å². The molecule has 1 heterocycles. The second-order valence-corrected chi connectivity index (χ2v) is 5.95. The lowest BCUT2D eigenvalue weighted by Crippen LogP contribution is -2.22. The third-order valence-corrected chi connectivity index (χ3v) is 4.12. The molecule has 1 aromatic heterocycles. The molecule has 3 nitrogen and oxygen atoms in total. The van der Waals surface area contributed by atoms with Gasteiger partial charge in [0.05, 0.1) is 22.8 Å². The summed E-state index contributed by atoms with van der Waals surface area (Å²) in [5, 5.41) is 9.02. The van der Waals surface area contributed by atoms with Gasteiger partial charge in [0.1, 0.15) is 0 Å². The largest absolute Gasteiger partial charge is 0.310 e. The van der Waals surface area contributed by atoms with E-state index >= 15 is 0 Å². The molecule has 1 aromatic carbocycles. The third kappa shape index (κ3) is 3.54. The van der Waals surface area contributed by atoms with E-state index in [2.05, 4.69) is 31.2 Å². The fourth-order valence-corrected chi connectivity index (χ4v) is 2.34. The maximum absolute atomic E-state index is 6.22. The molecule has 0 unspecified atom stereocenters. The quantitative estimate of drug-likeness (QED) is 0.903. The number of halogens is 2. The van der Waals surface area contributed by atoms with E-state index in [1.165, 1.54) is 5.56 Å². The molecule has 0 saturated carbocycles. The van der Waals surface area contributed by atoms with Crippen LogP contribution >= 0.6 is 23.2 Å². The SMILES string of the molecule is Cc1c(CNC(C)C)cnn1Cc1cccc(Cl)c1Cl. The molecule has 0 saturated heterocycles. The Labute approximate surface area is 129 Å². The van der Waals surface area contributed by atoms with E-state index in [0.29, 0.717) is 22.6 Å². The highest BCUT2D eigenvalue weighted by atomic mass is 35.5. The maximum atomic E-state index is 6.22. The molecule has 20 heavy (non-hydrogen) atoms. The van der Waals surface area contributed by atoms with Crippen molar-refractivity contribution in [2.24, 2.45) is 0 Å². The molecule has 0 fully saturated rings. The number of hydrogen-bond donors (Lipinski definition) is 1. The zero-order chi connectivity index (χ0) is 14.7. The van der Waals surface area contributed by atoms with E-state index in [1.54, 1.807) is 6.07 Å². The number of nitrogens with zero attached hydrogens (tertiary/aromatic N) is 2. The van der Waals surface area contributed by atoms with Crippen LogP contribution < -0.4 is 5.32 Å². The van der Waals surface area contributed by atoms with Crippen molar-refractivity contribution in [2.75, 3.05) is 0 Å². The van der Waals surface area contributed by atoms with Crippen molar-refractivity contribution in [1.82, 2.24) is 15.1 Å². The van der Waals surface area contributed by atoms with Gasteiger partial charge in [0.25, 0.3) is 0 Å². The van der Waals surface area contributed by atoms with Gasteiger partial charge >= 0.3 is 0 Å². The molecule has 0 aliphatic rings. The molecule has 1 N–H and O–H groups in total. The normalized spacial score (nSPS) is 11.3. The van der Waals surface area contributed by atoms with Crippen LogP contribution in [0.1, 0.15) is 30.7 Å². The minimum absolute atomic E-state index is 0.458. The fraction of sp³-hybridized carbons (Fsp3) is 0.400. The monoisotopic (exact) mass is 311 g/mol. The summed E-state index contributed by atoms with van der Waals surface area (Å²) in [7, 11) is 0. The predicted molar refractivity (Wildman–Crippen MR) is 84.5 cm³/mol. The van der Waals surface area contributed by atoms with Gasteiger partial charge in [-0.1, -0.05) is 49.2 Å². The molecule has 0 amide bonds. The smallest absolute Gasteiger partial charge is 0.0677 e. The summed E-state index contributed by atoms with van der Waals surface area (Å²) in [5.74, 6) is 0. The van der Waals surface area contributed by atoms with Crippen LogP contribution in [0, 0.1) is 6.92 Å². The zero-order valence-corrected chi connectivity index (χ0v) is 13.5. The molecule has 2 rings (SSSR count). The lowest BCUT2D eigenvalue weighted by atomic mass is 10.2. The summed E-state index contributed by atoms with van der Waals surface area (Å²) < 4.78 is 1.95. The first-order valence-corrected chi connectivity index (χ1v) is 7.42. The number of benzene rings is 1. The second-order valence-electron chi connectivity index (χ2n) is 5.16. The first-order valence-electron chi connectivity index (χ1n) is 6.66. The Morgan fingerprint density at radius 3 is 2.70 bits per heavy atom. The van der Waals surface area contributed by atoms with Crippen LogP contribution in [0.4, 0.5) is 0 Å². The van der Waals surface area contributed by atoms with Crippen LogP contribution in [0.5, 0.6) is 0 Å². The van der Waals surface area contributed by atoms with Gasteiger partial charge in [-0.3, -0.25) is 4.68 Å². The molecule has 5 heteroatoms. The molecule has 0 radical (unpaired) electrons. The van der Waals surface area contributed by atoms with Crippen LogP contribution in [0.3, 0.4) is 0 Å². The summed E-state index contributed by atoms with van der Waals surface area (Å²) in [6.07, 6.45) is 1.91. The van der Waals surface area contributed by atoms with E-state index < -0.39 is 0 Å². The van der Waals surface area contributed by atoms with E-state index in [-0.39, 0.29) is 0 Å². The Bertz CT molecular complexity index is 591. The van der Waals surface area contributed by atoms with E-state index in [9.17, 15) is 0 Å². The van der Waals surface area contributed by atoms with Gasteiger partial charge in [-0.25, -0.2) is 0 Å². The summed E-state index contributed by atoms with van der Waals surface area (Å²) >= 11 is 12.3. The highest BCUT2D eigenvalue weighted by molar-refractivity contribution is 6.42. The average molecular weight is 312 g/mol. The van der Waals surface area contributed by atoms with Crippen LogP contribution in [-0.4, -0.2) is 15.8 Å². The van der Waals surface area contributed by atoms with Crippen molar-refractivity contribution in [3.05, 3.63) is 51.3 Å². The molecular formula is C15H19Cl2N3. The standard InChI is InChI=1S/C15H19Cl2N3/c1-10(2)18-7-13-8-19-20(11(13)3)9-12-5-4-6-14(16)15(12)17/h4-6,8,10,18H,7,9H2,1-3H3. The van der Waals surface area contributed by atoms with Crippen LogP contribution in [0.15, 0.2) is 24.4 Å². The van der Waals surface area contributed by atoms with Crippen LogP contribution in [0.25, 0.3) is 0 Å². The number of aromatic nitrogens is 2. The van der Waals surface area contributed by atoms with Crippen molar-refractivity contribution in [3.63, 3.8) is 0 Å². The molecule has 0 aliphatic carbocycles. The first kappa shape index (κ1) is 15.4. The molecule has 2 aromatic rings. The van der Waals surface area contributed by atoms with Crippen molar-refractivity contribution in [1.29, 1.82) is 0 Å². The molecule has 108 valence electrons. The van der Waals surface area contributed by atoms with Gasteiger partial charge < -0.3 is 5.32 Å². The lowest BCUT2D eigenvalue weighted by Gasteiger charge is -2.10.